The summed E-state index contributed by atoms with van der Waals surface area (Å²) in [5, 5.41) is 0. The van der Waals surface area contributed by atoms with Crippen LogP contribution in [0.15, 0.2) is 24.5 Å². The van der Waals surface area contributed by atoms with Gasteiger partial charge in [-0.3, -0.25) is 4.98 Å². The van der Waals surface area contributed by atoms with Gasteiger partial charge >= 0.3 is 0 Å². The third kappa shape index (κ3) is 3.01. The van der Waals surface area contributed by atoms with Crippen LogP contribution in [-0.4, -0.2) is 4.98 Å². The first-order valence-electron chi connectivity index (χ1n) is 2.38. The molecule has 1 nitrogen and oxygen atoms in total. The number of hydrogen-bond acceptors (Lipinski definition) is 1. The molecule has 50 valence electrons. The molecule has 0 N–H and O–H groups in total. The van der Waals surface area contributed by atoms with Crippen LogP contribution in [0.2, 0.25) is 0 Å². The Morgan fingerprint density at radius 1 is 1.33 bits per heavy atom. The monoisotopic (exact) mass is 255 g/mol. The smallest absolute Gasteiger partial charge is 0.0270 e. The lowest BCUT2D eigenvalue weighted by Crippen LogP contribution is -1.74. The van der Waals surface area contributed by atoms with E-state index in [4.69, 9.17) is 0 Å². The number of halogens is 2. The number of hydrogen-bond donors (Lipinski definition) is 0. The number of alkyl halides is 1. The van der Waals surface area contributed by atoms with Gasteiger partial charge in [0, 0.05) is 16.8 Å². The molecule has 1 rings (SSSR count). The summed E-state index contributed by atoms with van der Waals surface area (Å²) in [5.74, 6) is 0. The molecule has 0 aliphatic heterocycles. The Morgan fingerprint density at radius 2 is 1.89 bits per heavy atom. The number of aromatic nitrogens is 1. The van der Waals surface area contributed by atoms with Crippen molar-refractivity contribution in [3.8, 4) is 0 Å². The van der Waals surface area contributed by atoms with Crippen molar-refractivity contribution in [3.63, 3.8) is 0 Å². The molecule has 0 bridgehead atoms. The first-order valence-corrected chi connectivity index (χ1v) is 3.91. The maximum Gasteiger partial charge on any atom is 0.0270 e. The maximum atomic E-state index is 3.89. The fraction of sp³-hybridized carbons (Fsp3) is 0.167. The molecule has 9 heavy (non-hydrogen) atoms. The lowest BCUT2D eigenvalue weighted by Gasteiger charge is -1.87. The Morgan fingerprint density at radius 3 is 2.22 bits per heavy atom. The summed E-state index contributed by atoms with van der Waals surface area (Å²) in [6.45, 7) is 0. The average molecular weight is 255 g/mol. The molecule has 0 unspecified atom stereocenters. The summed E-state index contributed by atoms with van der Waals surface area (Å²) in [7, 11) is 0. The normalized spacial score (nSPS) is 8.11. The van der Waals surface area contributed by atoms with Gasteiger partial charge in [-0.15, -0.1) is 12.4 Å². The Labute approximate surface area is 74.4 Å². The summed E-state index contributed by atoms with van der Waals surface area (Å²) < 4.78 is 1.07. The van der Waals surface area contributed by atoms with Crippen molar-refractivity contribution in [1.29, 1.82) is 0 Å². The Hall–Kier alpha value is 0.170. The highest BCUT2D eigenvalue weighted by Crippen LogP contribution is 2.01. The molecule has 0 radical (unpaired) electrons. The largest absolute Gasteiger partial charge is 0.265 e. The predicted octanol–water partition coefficient (Wildman–Crippen LogP) is 2.44. The second-order valence-corrected chi connectivity index (χ2v) is 2.25. The molecule has 1 aromatic heterocycles. The lowest BCUT2D eigenvalue weighted by molar-refractivity contribution is 1.28. The van der Waals surface area contributed by atoms with Crippen molar-refractivity contribution in [3.05, 3.63) is 30.1 Å². The molecule has 1 heterocycles. The molecule has 0 aromatic carbocycles. The molecule has 0 saturated heterocycles. The van der Waals surface area contributed by atoms with E-state index >= 15 is 0 Å². The first kappa shape index (κ1) is 9.17. The van der Waals surface area contributed by atoms with E-state index in [2.05, 4.69) is 27.6 Å². The topological polar surface area (TPSA) is 12.9 Å². The molecule has 0 atom stereocenters. The van der Waals surface area contributed by atoms with Crippen molar-refractivity contribution < 1.29 is 0 Å². The zero-order chi connectivity index (χ0) is 5.82. The van der Waals surface area contributed by atoms with Crippen molar-refractivity contribution >= 4 is 35.0 Å². The van der Waals surface area contributed by atoms with Gasteiger partial charge in [-0.25, -0.2) is 0 Å². The van der Waals surface area contributed by atoms with Gasteiger partial charge < -0.3 is 0 Å². The average Bonchev–Trinajstić information content (AvgIpc) is 1.90. The van der Waals surface area contributed by atoms with Crippen molar-refractivity contribution in [2.75, 3.05) is 0 Å². The second kappa shape index (κ2) is 4.99. The second-order valence-electron chi connectivity index (χ2n) is 1.49. The van der Waals surface area contributed by atoms with Crippen molar-refractivity contribution in [1.82, 2.24) is 4.98 Å². The van der Waals surface area contributed by atoms with Gasteiger partial charge in [-0.05, 0) is 17.7 Å². The molecule has 0 saturated carbocycles. The van der Waals surface area contributed by atoms with Gasteiger partial charge in [0.15, 0.2) is 0 Å². The highest BCUT2D eigenvalue weighted by Gasteiger charge is 1.82. The van der Waals surface area contributed by atoms with Crippen LogP contribution in [0.4, 0.5) is 0 Å². The number of rotatable bonds is 1. The predicted molar refractivity (Wildman–Crippen MR) is 49.2 cm³/mol. The molecule has 1 aromatic rings. The van der Waals surface area contributed by atoms with E-state index in [0.29, 0.717) is 0 Å². The maximum absolute atomic E-state index is 3.89. The van der Waals surface area contributed by atoms with Crippen LogP contribution in [0.3, 0.4) is 0 Å². The van der Waals surface area contributed by atoms with E-state index < -0.39 is 0 Å². The van der Waals surface area contributed by atoms with E-state index in [1.807, 2.05) is 24.5 Å². The SMILES string of the molecule is Cl.ICc1ccncc1. The van der Waals surface area contributed by atoms with Crippen molar-refractivity contribution in [2.24, 2.45) is 0 Å². The lowest BCUT2D eigenvalue weighted by atomic mass is 10.3. The zero-order valence-electron chi connectivity index (χ0n) is 4.75. The van der Waals surface area contributed by atoms with Crippen LogP contribution < -0.4 is 0 Å². The van der Waals surface area contributed by atoms with E-state index in [0.717, 1.165) is 4.43 Å². The molecule has 0 aliphatic rings. The molecule has 0 amide bonds. The number of pyridine rings is 1. The zero-order valence-corrected chi connectivity index (χ0v) is 7.72. The Kier molecular flexibility index (Phi) is 5.09. The fourth-order valence-corrected chi connectivity index (χ4v) is 0.980. The standard InChI is InChI=1S/C6H6IN.ClH/c7-5-6-1-3-8-4-2-6;/h1-4H,5H2;1H. The summed E-state index contributed by atoms with van der Waals surface area (Å²) in [6, 6.07) is 4.04. The van der Waals surface area contributed by atoms with Crippen LogP contribution in [0.5, 0.6) is 0 Å². The summed E-state index contributed by atoms with van der Waals surface area (Å²) in [4.78, 5) is 3.89. The van der Waals surface area contributed by atoms with Gasteiger partial charge in [0.1, 0.15) is 0 Å². The molecule has 3 heteroatoms. The van der Waals surface area contributed by atoms with E-state index in [1.54, 1.807) is 0 Å². The highest BCUT2D eigenvalue weighted by atomic mass is 127. The minimum Gasteiger partial charge on any atom is -0.265 e. The summed E-state index contributed by atoms with van der Waals surface area (Å²) >= 11 is 2.33. The fourth-order valence-electron chi connectivity index (χ4n) is 0.472. The van der Waals surface area contributed by atoms with Crippen LogP contribution in [0.1, 0.15) is 5.56 Å². The summed E-state index contributed by atoms with van der Waals surface area (Å²) in [5.41, 5.74) is 1.33. The van der Waals surface area contributed by atoms with Gasteiger partial charge in [-0.1, -0.05) is 22.6 Å². The summed E-state index contributed by atoms with van der Waals surface area (Å²) in [6.07, 6.45) is 3.63. The molecular formula is C6H7ClIN. The van der Waals surface area contributed by atoms with Crippen LogP contribution >= 0.6 is 35.0 Å². The van der Waals surface area contributed by atoms with Crippen LogP contribution in [-0.2, 0) is 4.43 Å². The molecule has 0 aliphatic carbocycles. The van der Waals surface area contributed by atoms with Gasteiger partial charge in [0.25, 0.3) is 0 Å². The van der Waals surface area contributed by atoms with Gasteiger partial charge in [0.2, 0.25) is 0 Å². The van der Waals surface area contributed by atoms with E-state index in [1.165, 1.54) is 5.56 Å². The Balaban J connectivity index is 0.000000640. The van der Waals surface area contributed by atoms with Crippen LogP contribution in [0.25, 0.3) is 0 Å². The molecule has 0 spiro atoms. The van der Waals surface area contributed by atoms with E-state index in [9.17, 15) is 0 Å². The quantitative estimate of drug-likeness (QED) is 0.555. The third-order valence-corrected chi connectivity index (χ3v) is 1.78. The highest BCUT2D eigenvalue weighted by molar-refractivity contribution is 14.1. The first-order chi connectivity index (χ1) is 3.93. The molecule has 0 fully saturated rings. The minimum atomic E-state index is 0. The molecular weight excluding hydrogens is 248 g/mol. The van der Waals surface area contributed by atoms with Gasteiger partial charge in [0.05, 0.1) is 0 Å². The van der Waals surface area contributed by atoms with Crippen molar-refractivity contribution in [2.45, 2.75) is 4.43 Å². The van der Waals surface area contributed by atoms with E-state index in [-0.39, 0.29) is 12.4 Å². The van der Waals surface area contributed by atoms with Crippen LogP contribution in [0, 0.1) is 0 Å². The third-order valence-electron chi connectivity index (χ3n) is 0.904. The Bertz CT molecular complexity index is 154. The number of nitrogens with zero attached hydrogens (tertiary/aromatic N) is 1. The minimum absolute atomic E-state index is 0. The van der Waals surface area contributed by atoms with Gasteiger partial charge in [-0.2, -0.15) is 0 Å².